The normalized spacial score (nSPS) is 51.0. The zero-order valence-electron chi connectivity index (χ0n) is 15.7. The molecule has 0 N–H and O–H groups in total. The molecule has 4 saturated heterocycles. The molecule has 0 aromatic heterocycles. The molecule has 5 fully saturated rings. The molecule has 5 rings (SSSR count). The maximum atomic E-state index is 11.9. The van der Waals surface area contributed by atoms with Crippen LogP contribution in [0.25, 0.3) is 0 Å². The van der Waals surface area contributed by atoms with Crippen molar-refractivity contribution in [2.24, 2.45) is 17.8 Å². The van der Waals surface area contributed by atoms with Crippen LogP contribution in [-0.2, 0) is 28.8 Å². The fourth-order valence-corrected chi connectivity index (χ4v) is 5.44. The van der Waals surface area contributed by atoms with Gasteiger partial charge in [-0.3, -0.25) is 4.79 Å². The number of esters is 1. The first-order valence-corrected chi connectivity index (χ1v) is 9.71. The largest absolute Gasteiger partial charge is 0.463 e. The van der Waals surface area contributed by atoms with Gasteiger partial charge in [-0.25, -0.2) is 9.78 Å². The predicted molar refractivity (Wildman–Crippen MR) is 88.1 cm³/mol. The van der Waals surface area contributed by atoms with Crippen molar-refractivity contribution < 1.29 is 28.8 Å². The molecule has 6 heteroatoms. The lowest BCUT2D eigenvalue weighted by atomic mass is 9.60. The van der Waals surface area contributed by atoms with Crippen molar-refractivity contribution in [3.8, 4) is 0 Å². The van der Waals surface area contributed by atoms with Gasteiger partial charge in [0.05, 0.1) is 0 Å². The van der Waals surface area contributed by atoms with Gasteiger partial charge in [0, 0.05) is 18.8 Å². The molecule has 0 radical (unpaired) electrons. The van der Waals surface area contributed by atoms with Gasteiger partial charge in [0.2, 0.25) is 5.79 Å². The number of hydrogen-bond acceptors (Lipinski definition) is 6. The molecule has 1 aliphatic carbocycles. The van der Waals surface area contributed by atoms with E-state index in [1.807, 2.05) is 20.8 Å². The second kappa shape index (κ2) is 5.91. The number of ether oxygens (including phenoxy) is 3. The lowest BCUT2D eigenvalue weighted by molar-refractivity contribution is -0.541. The molecule has 4 heterocycles. The van der Waals surface area contributed by atoms with Gasteiger partial charge in [0.25, 0.3) is 0 Å². The minimum absolute atomic E-state index is 0.0864. The van der Waals surface area contributed by atoms with E-state index >= 15 is 0 Å². The van der Waals surface area contributed by atoms with Crippen LogP contribution in [0.15, 0.2) is 0 Å². The molecule has 5 aliphatic rings. The molecule has 2 bridgehead atoms. The minimum Gasteiger partial charge on any atom is -0.463 e. The summed E-state index contributed by atoms with van der Waals surface area (Å²) in [4.78, 5) is 23.7. The third-order valence-corrected chi connectivity index (χ3v) is 6.81. The Morgan fingerprint density at radius 3 is 2.72 bits per heavy atom. The topological polar surface area (TPSA) is 63.2 Å². The van der Waals surface area contributed by atoms with Crippen LogP contribution >= 0.6 is 0 Å². The van der Waals surface area contributed by atoms with Crippen molar-refractivity contribution in [3.63, 3.8) is 0 Å². The average Bonchev–Trinajstić information content (AvgIpc) is 2.66. The van der Waals surface area contributed by atoms with Gasteiger partial charge in [0.1, 0.15) is 12.2 Å². The zero-order valence-corrected chi connectivity index (χ0v) is 15.7. The number of fused-ring (bicyclic) bond motifs is 2. The summed E-state index contributed by atoms with van der Waals surface area (Å²) in [7, 11) is 0. The molecule has 0 amide bonds. The highest BCUT2D eigenvalue weighted by Crippen LogP contribution is 2.63. The maximum Gasteiger partial charge on any atom is 0.305 e. The van der Waals surface area contributed by atoms with Crippen molar-refractivity contribution in [2.45, 2.75) is 89.5 Å². The van der Waals surface area contributed by atoms with Crippen LogP contribution in [0.2, 0.25) is 0 Å². The molecule has 1 spiro atoms. The molecule has 25 heavy (non-hydrogen) atoms. The van der Waals surface area contributed by atoms with Crippen molar-refractivity contribution >= 4 is 5.97 Å². The van der Waals surface area contributed by atoms with E-state index in [1.54, 1.807) is 0 Å². The molecular formula is C19H30O6. The fraction of sp³-hybridized carbons (Fsp3) is 0.947. The molecule has 7 atom stereocenters. The lowest BCUT2D eigenvalue weighted by Gasteiger charge is -2.50. The summed E-state index contributed by atoms with van der Waals surface area (Å²) in [5.74, 6) is 0.00536. The molecule has 1 unspecified atom stereocenters. The summed E-state index contributed by atoms with van der Waals surface area (Å²) in [5.41, 5.74) is -1.21. The Kier molecular flexibility index (Phi) is 4.19. The van der Waals surface area contributed by atoms with E-state index in [1.165, 1.54) is 0 Å². The van der Waals surface area contributed by atoms with Gasteiger partial charge in [0.15, 0.2) is 11.9 Å². The van der Waals surface area contributed by atoms with Gasteiger partial charge in [-0.05, 0) is 51.4 Å². The highest BCUT2D eigenvalue weighted by atomic mass is 17.3. The monoisotopic (exact) mass is 354 g/mol. The molecule has 0 aromatic rings. The van der Waals surface area contributed by atoms with Crippen molar-refractivity contribution in [2.75, 3.05) is 6.61 Å². The molecule has 6 nitrogen and oxygen atoms in total. The van der Waals surface area contributed by atoms with Gasteiger partial charge in [-0.1, -0.05) is 13.8 Å². The first kappa shape index (κ1) is 17.7. The predicted octanol–water partition coefficient (Wildman–Crippen LogP) is 3.33. The quantitative estimate of drug-likeness (QED) is 0.570. The summed E-state index contributed by atoms with van der Waals surface area (Å²) in [6.07, 6.45) is 4.62. The summed E-state index contributed by atoms with van der Waals surface area (Å²) in [6.45, 7) is 8.43. The van der Waals surface area contributed by atoms with Crippen LogP contribution in [0.3, 0.4) is 0 Å². The molecule has 4 aliphatic heterocycles. The van der Waals surface area contributed by atoms with Crippen molar-refractivity contribution in [1.29, 1.82) is 0 Å². The third kappa shape index (κ3) is 2.56. The Bertz CT molecular complexity index is 552. The molecule has 142 valence electrons. The van der Waals surface area contributed by atoms with Crippen molar-refractivity contribution in [1.82, 2.24) is 0 Å². The number of rotatable bonds is 4. The second-order valence-corrected chi connectivity index (χ2v) is 8.70. The van der Waals surface area contributed by atoms with Crippen molar-refractivity contribution in [3.05, 3.63) is 0 Å². The number of carbonyl (C=O) groups is 1. The van der Waals surface area contributed by atoms with E-state index in [0.717, 1.165) is 32.1 Å². The van der Waals surface area contributed by atoms with E-state index in [4.69, 9.17) is 24.0 Å². The summed E-state index contributed by atoms with van der Waals surface area (Å²) >= 11 is 0. The Morgan fingerprint density at radius 1 is 1.16 bits per heavy atom. The molecule has 0 aromatic carbocycles. The van der Waals surface area contributed by atoms with Crippen LogP contribution in [0, 0.1) is 17.8 Å². The van der Waals surface area contributed by atoms with Crippen LogP contribution < -0.4 is 0 Å². The van der Waals surface area contributed by atoms with Gasteiger partial charge in [-0.2, -0.15) is 0 Å². The Labute approximate surface area is 149 Å². The first-order valence-electron chi connectivity index (χ1n) is 9.71. The Morgan fingerprint density at radius 2 is 1.96 bits per heavy atom. The number of hydrogen-bond donors (Lipinski definition) is 0. The minimum atomic E-state index is -0.762. The summed E-state index contributed by atoms with van der Waals surface area (Å²) in [5, 5.41) is 0. The SMILES string of the molecule is CCCC(=O)OCC1(C)O[C@@H]2O[C@]3(C)CC[C@H]4[C@H](C)CC[C@@H]1[C@@]24OO3. The highest BCUT2D eigenvalue weighted by Gasteiger charge is 2.74. The Balaban J connectivity index is 1.63. The summed E-state index contributed by atoms with van der Waals surface area (Å²) in [6, 6.07) is 0. The number of carbonyl (C=O) groups excluding carboxylic acids is 1. The zero-order chi connectivity index (χ0) is 17.9. The fourth-order valence-electron chi connectivity index (χ4n) is 5.44. The van der Waals surface area contributed by atoms with E-state index in [0.29, 0.717) is 18.3 Å². The maximum absolute atomic E-state index is 11.9. The van der Waals surface area contributed by atoms with Crippen LogP contribution in [0.1, 0.15) is 66.2 Å². The van der Waals surface area contributed by atoms with E-state index in [-0.39, 0.29) is 18.5 Å². The molecular weight excluding hydrogens is 324 g/mol. The van der Waals surface area contributed by atoms with E-state index in [2.05, 4.69) is 6.92 Å². The first-order chi connectivity index (χ1) is 11.8. The smallest absolute Gasteiger partial charge is 0.305 e. The molecule has 1 saturated carbocycles. The van der Waals surface area contributed by atoms with Gasteiger partial charge >= 0.3 is 5.97 Å². The standard InChI is InChI=1S/C19H30O6/c1-5-6-15(20)21-11-17(3)14-8-7-12(2)13-9-10-18(4)23-16(22-17)19(13,14)25-24-18/h12-14,16H,5-11H2,1-4H3/t12-,13+,14+,16-,17?,18+,19-/m1/s1. The third-order valence-electron chi connectivity index (χ3n) is 6.81. The average molecular weight is 354 g/mol. The van der Waals surface area contributed by atoms with E-state index in [9.17, 15) is 4.79 Å². The van der Waals surface area contributed by atoms with E-state index < -0.39 is 23.3 Å². The van der Waals surface area contributed by atoms with Crippen LogP contribution in [-0.4, -0.2) is 35.9 Å². The highest BCUT2D eigenvalue weighted by molar-refractivity contribution is 5.69. The van der Waals surface area contributed by atoms with Gasteiger partial charge in [-0.15, -0.1) is 0 Å². The summed E-state index contributed by atoms with van der Waals surface area (Å²) < 4.78 is 18.2. The van der Waals surface area contributed by atoms with Gasteiger partial charge < -0.3 is 14.2 Å². The second-order valence-electron chi connectivity index (χ2n) is 8.70. The Hall–Kier alpha value is -0.690. The van der Waals surface area contributed by atoms with Crippen LogP contribution in [0.4, 0.5) is 0 Å². The van der Waals surface area contributed by atoms with Crippen LogP contribution in [0.5, 0.6) is 0 Å². The lowest BCUT2D eigenvalue weighted by Crippen LogP contribution is -2.62.